The van der Waals surface area contributed by atoms with Crippen LogP contribution in [0.2, 0.25) is 0 Å². The molecule has 2 rings (SSSR count). The smallest absolute Gasteiger partial charge is 0.278 e. The summed E-state index contributed by atoms with van der Waals surface area (Å²) in [5, 5.41) is 2.37. The summed E-state index contributed by atoms with van der Waals surface area (Å²) in [6, 6.07) is 0. The minimum absolute atomic E-state index is 0.0824. The quantitative estimate of drug-likeness (QED) is 0.652. The number of carbonyl (C=O) groups excluding carboxylic acids is 1. The average Bonchev–Trinajstić information content (AvgIpc) is 2.44. The Morgan fingerprint density at radius 3 is 2.80 bits per heavy atom. The van der Waals surface area contributed by atoms with E-state index >= 15 is 0 Å². The zero-order chi connectivity index (χ0) is 11.0. The standard InChI is InChI=1S/C7H6BrN5O2/c1-2(14)9-7-12-4-3(5(15)13-7)10-6(8)11-4/h1H3,(H3,9,10,11,12,13,14,15). The molecule has 2 heterocycles. The molecule has 7 nitrogen and oxygen atoms in total. The molecule has 15 heavy (non-hydrogen) atoms. The number of H-pyrrole nitrogens is 2. The molecule has 3 N–H and O–H groups in total. The molecule has 1 amide bonds. The van der Waals surface area contributed by atoms with Crippen LogP contribution in [0.3, 0.4) is 0 Å². The summed E-state index contributed by atoms with van der Waals surface area (Å²) in [4.78, 5) is 35.2. The Morgan fingerprint density at radius 2 is 2.13 bits per heavy atom. The number of imidazole rings is 1. The molecule has 0 radical (unpaired) electrons. The monoisotopic (exact) mass is 271 g/mol. The summed E-state index contributed by atoms with van der Waals surface area (Å²) in [7, 11) is 0. The SMILES string of the molecule is CC(=O)Nc1nc2nc(Br)[nH]c2c(=O)[nH]1. The van der Waals surface area contributed by atoms with Crippen molar-refractivity contribution in [3.05, 3.63) is 15.1 Å². The van der Waals surface area contributed by atoms with Gasteiger partial charge in [0.1, 0.15) is 0 Å². The van der Waals surface area contributed by atoms with E-state index in [1.54, 1.807) is 0 Å². The van der Waals surface area contributed by atoms with Gasteiger partial charge in [-0.25, -0.2) is 4.98 Å². The van der Waals surface area contributed by atoms with Crippen molar-refractivity contribution >= 4 is 38.9 Å². The van der Waals surface area contributed by atoms with Gasteiger partial charge in [0.2, 0.25) is 11.9 Å². The van der Waals surface area contributed by atoms with Gasteiger partial charge in [-0.1, -0.05) is 0 Å². The van der Waals surface area contributed by atoms with Crippen molar-refractivity contribution in [2.75, 3.05) is 5.32 Å². The van der Waals surface area contributed by atoms with Gasteiger partial charge in [0.25, 0.3) is 5.56 Å². The molecule has 0 atom stereocenters. The Labute approximate surface area is 91.5 Å². The minimum atomic E-state index is -0.387. The van der Waals surface area contributed by atoms with Gasteiger partial charge in [-0.3, -0.25) is 19.9 Å². The molecule has 78 valence electrons. The molecule has 8 heteroatoms. The second-order valence-corrected chi connectivity index (χ2v) is 3.57. The van der Waals surface area contributed by atoms with Crippen molar-refractivity contribution in [2.45, 2.75) is 6.92 Å². The summed E-state index contributed by atoms with van der Waals surface area (Å²) in [6.45, 7) is 1.32. The second-order valence-electron chi connectivity index (χ2n) is 2.82. The van der Waals surface area contributed by atoms with Crippen LogP contribution in [0, 0.1) is 0 Å². The molecular weight excluding hydrogens is 266 g/mol. The number of nitrogens with zero attached hydrogens (tertiary/aromatic N) is 2. The fourth-order valence-electron chi connectivity index (χ4n) is 1.10. The Hall–Kier alpha value is -1.70. The van der Waals surface area contributed by atoms with Gasteiger partial charge in [-0.05, 0) is 15.9 Å². The Kier molecular flexibility index (Phi) is 2.27. The number of aromatic amines is 2. The highest BCUT2D eigenvalue weighted by Gasteiger charge is 2.08. The fraction of sp³-hybridized carbons (Fsp3) is 0.143. The number of halogens is 1. The number of nitrogens with one attached hydrogen (secondary N) is 3. The summed E-state index contributed by atoms with van der Waals surface area (Å²) < 4.78 is 0.412. The van der Waals surface area contributed by atoms with Crippen molar-refractivity contribution in [3.8, 4) is 0 Å². The highest BCUT2D eigenvalue weighted by molar-refractivity contribution is 9.10. The number of amides is 1. The lowest BCUT2D eigenvalue weighted by molar-refractivity contribution is -0.114. The normalized spacial score (nSPS) is 10.5. The van der Waals surface area contributed by atoms with E-state index in [0.29, 0.717) is 4.73 Å². The first-order valence-corrected chi connectivity index (χ1v) is 4.78. The van der Waals surface area contributed by atoms with E-state index in [1.807, 2.05) is 0 Å². The first-order valence-electron chi connectivity index (χ1n) is 3.99. The summed E-state index contributed by atoms with van der Waals surface area (Å²) in [5.74, 6) is -0.230. The zero-order valence-corrected chi connectivity index (χ0v) is 9.17. The Balaban J connectivity index is 2.61. The van der Waals surface area contributed by atoms with E-state index in [-0.39, 0.29) is 28.6 Å². The highest BCUT2D eigenvalue weighted by Crippen LogP contribution is 2.09. The van der Waals surface area contributed by atoms with Gasteiger partial charge in [-0.15, -0.1) is 0 Å². The molecule has 0 aliphatic carbocycles. The maximum absolute atomic E-state index is 11.5. The van der Waals surface area contributed by atoms with Gasteiger partial charge in [0.15, 0.2) is 15.9 Å². The molecular formula is C7H6BrN5O2. The molecule has 0 aliphatic rings. The van der Waals surface area contributed by atoms with Crippen molar-refractivity contribution in [1.29, 1.82) is 0 Å². The predicted molar refractivity (Wildman–Crippen MR) is 56.5 cm³/mol. The van der Waals surface area contributed by atoms with Crippen LogP contribution in [0.5, 0.6) is 0 Å². The lowest BCUT2D eigenvalue weighted by Gasteiger charge is -1.98. The van der Waals surface area contributed by atoms with Crippen LogP contribution < -0.4 is 10.9 Å². The van der Waals surface area contributed by atoms with E-state index in [4.69, 9.17) is 0 Å². The molecule has 0 fully saturated rings. The predicted octanol–water partition coefficient (Wildman–Crippen LogP) is 0.367. The van der Waals surface area contributed by atoms with Crippen LogP contribution in [0.4, 0.5) is 5.95 Å². The lowest BCUT2D eigenvalue weighted by Crippen LogP contribution is -2.15. The van der Waals surface area contributed by atoms with Crippen LogP contribution in [0.1, 0.15) is 6.92 Å². The largest absolute Gasteiger partial charge is 0.327 e. The number of aromatic nitrogens is 4. The fourth-order valence-corrected chi connectivity index (χ4v) is 1.47. The molecule has 0 bridgehead atoms. The van der Waals surface area contributed by atoms with Crippen molar-refractivity contribution < 1.29 is 4.79 Å². The van der Waals surface area contributed by atoms with Crippen LogP contribution in [-0.2, 0) is 4.79 Å². The van der Waals surface area contributed by atoms with Crippen LogP contribution in [0.25, 0.3) is 11.2 Å². The summed E-state index contributed by atoms with van der Waals surface area (Å²) in [5.41, 5.74) is 0.118. The Morgan fingerprint density at radius 1 is 1.40 bits per heavy atom. The average molecular weight is 272 g/mol. The number of anilines is 1. The third-order valence-electron chi connectivity index (χ3n) is 1.63. The first kappa shape index (κ1) is 9.84. The molecule has 0 aromatic carbocycles. The number of hydrogen-bond donors (Lipinski definition) is 3. The molecule has 2 aromatic heterocycles. The van der Waals surface area contributed by atoms with Gasteiger partial charge in [0, 0.05) is 6.92 Å². The van der Waals surface area contributed by atoms with E-state index in [9.17, 15) is 9.59 Å². The van der Waals surface area contributed by atoms with E-state index in [1.165, 1.54) is 6.92 Å². The number of hydrogen-bond acceptors (Lipinski definition) is 4. The number of rotatable bonds is 1. The molecule has 0 saturated carbocycles. The van der Waals surface area contributed by atoms with Gasteiger partial charge in [-0.2, -0.15) is 4.98 Å². The van der Waals surface area contributed by atoms with E-state index < -0.39 is 0 Å². The number of fused-ring (bicyclic) bond motifs is 1. The topological polar surface area (TPSA) is 104 Å². The maximum atomic E-state index is 11.5. The first-order chi connectivity index (χ1) is 7.06. The van der Waals surface area contributed by atoms with Gasteiger partial charge < -0.3 is 4.98 Å². The molecule has 0 unspecified atom stereocenters. The van der Waals surface area contributed by atoms with Gasteiger partial charge >= 0.3 is 0 Å². The highest BCUT2D eigenvalue weighted by atomic mass is 79.9. The van der Waals surface area contributed by atoms with Gasteiger partial charge in [0.05, 0.1) is 0 Å². The molecule has 0 spiro atoms. The van der Waals surface area contributed by atoms with E-state index in [0.717, 1.165) is 0 Å². The third-order valence-corrected chi connectivity index (χ3v) is 2.00. The van der Waals surface area contributed by atoms with E-state index in [2.05, 4.69) is 41.2 Å². The van der Waals surface area contributed by atoms with Crippen molar-refractivity contribution in [2.24, 2.45) is 0 Å². The third kappa shape index (κ3) is 1.89. The minimum Gasteiger partial charge on any atom is -0.327 e. The zero-order valence-electron chi connectivity index (χ0n) is 7.59. The Bertz CT molecular complexity index is 587. The molecule has 0 aliphatic heterocycles. The van der Waals surface area contributed by atoms with Crippen LogP contribution in [0.15, 0.2) is 9.53 Å². The van der Waals surface area contributed by atoms with Crippen molar-refractivity contribution in [1.82, 2.24) is 19.9 Å². The summed E-state index contributed by atoms with van der Waals surface area (Å²) in [6.07, 6.45) is 0. The molecule has 0 saturated heterocycles. The summed E-state index contributed by atoms with van der Waals surface area (Å²) >= 11 is 3.09. The lowest BCUT2D eigenvalue weighted by atomic mass is 10.5. The van der Waals surface area contributed by atoms with Crippen LogP contribution >= 0.6 is 15.9 Å². The maximum Gasteiger partial charge on any atom is 0.278 e. The van der Waals surface area contributed by atoms with Crippen molar-refractivity contribution in [3.63, 3.8) is 0 Å². The van der Waals surface area contributed by atoms with Crippen LogP contribution in [-0.4, -0.2) is 25.8 Å². The molecule has 2 aromatic rings. The number of carbonyl (C=O) groups is 1. The second kappa shape index (κ2) is 3.46.